The van der Waals surface area contributed by atoms with Crippen LogP contribution in [0.2, 0.25) is 0 Å². The molecule has 1 aliphatic rings. The highest BCUT2D eigenvalue weighted by Gasteiger charge is 2.28. The average Bonchev–Trinajstić information content (AvgIpc) is 2.85. The molecule has 0 aliphatic heterocycles. The Kier molecular flexibility index (Phi) is 3.70. The van der Waals surface area contributed by atoms with Crippen LogP contribution in [0.15, 0.2) is 24.5 Å². The number of hydrogen-bond donors (Lipinski definition) is 1. The molecule has 3 atom stereocenters. The topological polar surface area (TPSA) is 46.5 Å². The number of nitrogens with zero attached hydrogens (tertiary/aromatic N) is 3. The molecule has 0 bridgehead atoms. The molecule has 3 rings (SSSR count). The van der Waals surface area contributed by atoms with Crippen LogP contribution in [0.1, 0.15) is 39.2 Å². The molecule has 0 radical (unpaired) electrons. The maximum absolute atomic E-state index is 5.45. The fraction of sp³-hybridized carbons (Fsp3) is 0.533. The lowest BCUT2D eigenvalue weighted by atomic mass is 9.79. The lowest BCUT2D eigenvalue weighted by Crippen LogP contribution is -2.24. The molecule has 0 saturated heterocycles. The lowest BCUT2D eigenvalue weighted by Gasteiger charge is -2.33. The summed E-state index contributed by atoms with van der Waals surface area (Å²) < 4.78 is 2.91. The summed E-state index contributed by atoms with van der Waals surface area (Å²) >= 11 is 5.45. The minimum Gasteiger partial charge on any atom is -0.297 e. The van der Waals surface area contributed by atoms with Crippen LogP contribution in [0.5, 0.6) is 0 Å². The van der Waals surface area contributed by atoms with Crippen molar-refractivity contribution in [1.29, 1.82) is 0 Å². The molecule has 2 aromatic rings. The predicted octanol–water partition coefficient (Wildman–Crippen LogP) is 4.00. The van der Waals surface area contributed by atoms with Crippen LogP contribution >= 0.6 is 12.2 Å². The maximum atomic E-state index is 5.45. The lowest BCUT2D eigenvalue weighted by molar-refractivity contribution is 0.210. The zero-order valence-corrected chi connectivity index (χ0v) is 12.7. The Morgan fingerprint density at radius 1 is 1.30 bits per heavy atom. The Morgan fingerprint density at radius 2 is 2.15 bits per heavy atom. The first-order valence-electron chi connectivity index (χ1n) is 7.24. The van der Waals surface area contributed by atoms with Crippen LogP contribution in [-0.4, -0.2) is 19.7 Å². The molecule has 2 heterocycles. The molecule has 106 valence electrons. The number of pyridine rings is 1. The van der Waals surface area contributed by atoms with Crippen LogP contribution < -0.4 is 0 Å². The molecule has 0 aromatic carbocycles. The van der Waals surface area contributed by atoms with Gasteiger partial charge in [-0.3, -0.25) is 14.6 Å². The van der Waals surface area contributed by atoms with Crippen molar-refractivity contribution in [3.8, 4) is 11.4 Å². The second kappa shape index (κ2) is 5.48. The van der Waals surface area contributed by atoms with Crippen molar-refractivity contribution in [3.05, 3.63) is 29.3 Å². The molecule has 2 aromatic heterocycles. The van der Waals surface area contributed by atoms with Gasteiger partial charge in [-0.2, -0.15) is 5.10 Å². The van der Waals surface area contributed by atoms with E-state index >= 15 is 0 Å². The molecule has 0 amide bonds. The van der Waals surface area contributed by atoms with Gasteiger partial charge in [-0.25, -0.2) is 0 Å². The van der Waals surface area contributed by atoms with Crippen molar-refractivity contribution in [2.45, 2.75) is 39.2 Å². The number of H-pyrrole nitrogens is 1. The summed E-state index contributed by atoms with van der Waals surface area (Å²) in [6.07, 6.45) is 7.22. The molecule has 1 fully saturated rings. The zero-order valence-electron chi connectivity index (χ0n) is 11.9. The first kappa shape index (κ1) is 13.5. The van der Waals surface area contributed by atoms with E-state index in [9.17, 15) is 0 Å². The molecule has 5 heteroatoms. The molecule has 4 nitrogen and oxygen atoms in total. The third-order valence-electron chi connectivity index (χ3n) is 4.56. The van der Waals surface area contributed by atoms with Gasteiger partial charge in [-0.05, 0) is 55.4 Å². The van der Waals surface area contributed by atoms with E-state index in [1.807, 2.05) is 18.3 Å². The van der Waals surface area contributed by atoms with E-state index in [1.54, 1.807) is 6.20 Å². The monoisotopic (exact) mass is 288 g/mol. The van der Waals surface area contributed by atoms with Crippen LogP contribution in [0, 0.1) is 16.6 Å². The number of hydrogen-bond acceptors (Lipinski definition) is 3. The van der Waals surface area contributed by atoms with Crippen molar-refractivity contribution in [2.24, 2.45) is 11.8 Å². The summed E-state index contributed by atoms with van der Waals surface area (Å²) in [7, 11) is 0. The van der Waals surface area contributed by atoms with Gasteiger partial charge in [-0.15, -0.1) is 0 Å². The Hall–Kier alpha value is -1.49. The van der Waals surface area contributed by atoms with Crippen molar-refractivity contribution in [1.82, 2.24) is 19.7 Å². The number of nitrogens with one attached hydrogen (secondary N) is 1. The van der Waals surface area contributed by atoms with E-state index in [-0.39, 0.29) is 0 Å². The van der Waals surface area contributed by atoms with Crippen molar-refractivity contribution in [2.75, 3.05) is 0 Å². The molecule has 1 aliphatic carbocycles. The molecule has 1 saturated carbocycles. The highest BCUT2D eigenvalue weighted by molar-refractivity contribution is 7.71. The summed E-state index contributed by atoms with van der Waals surface area (Å²) in [5.41, 5.74) is 1.02. The third kappa shape index (κ3) is 2.42. The fourth-order valence-corrected chi connectivity index (χ4v) is 3.38. The fourth-order valence-electron chi connectivity index (χ4n) is 3.10. The molecule has 0 spiro atoms. The largest absolute Gasteiger partial charge is 0.297 e. The Morgan fingerprint density at radius 3 is 2.85 bits per heavy atom. The normalized spacial score (nSPS) is 26.6. The Balaban J connectivity index is 1.98. The maximum Gasteiger partial charge on any atom is 0.195 e. The van der Waals surface area contributed by atoms with Gasteiger partial charge < -0.3 is 0 Å². The van der Waals surface area contributed by atoms with E-state index < -0.39 is 0 Å². The van der Waals surface area contributed by atoms with Gasteiger partial charge in [0, 0.05) is 24.0 Å². The van der Waals surface area contributed by atoms with Crippen molar-refractivity contribution in [3.63, 3.8) is 0 Å². The third-order valence-corrected chi connectivity index (χ3v) is 4.85. The smallest absolute Gasteiger partial charge is 0.195 e. The number of rotatable bonds is 2. The molecule has 3 unspecified atom stereocenters. The van der Waals surface area contributed by atoms with Crippen LogP contribution in [0.25, 0.3) is 11.4 Å². The van der Waals surface area contributed by atoms with E-state index in [4.69, 9.17) is 12.2 Å². The quantitative estimate of drug-likeness (QED) is 0.850. The van der Waals surface area contributed by atoms with Crippen LogP contribution in [0.4, 0.5) is 0 Å². The minimum absolute atomic E-state index is 0.447. The zero-order chi connectivity index (χ0) is 14.1. The van der Waals surface area contributed by atoms with Crippen molar-refractivity contribution >= 4 is 12.2 Å². The summed E-state index contributed by atoms with van der Waals surface area (Å²) in [6, 6.07) is 4.41. The number of aromatic amines is 1. The highest BCUT2D eigenvalue weighted by Crippen LogP contribution is 2.37. The van der Waals surface area contributed by atoms with Crippen molar-refractivity contribution < 1.29 is 0 Å². The molecular weight excluding hydrogens is 268 g/mol. The van der Waals surface area contributed by atoms with Crippen LogP contribution in [-0.2, 0) is 0 Å². The van der Waals surface area contributed by atoms with Gasteiger partial charge in [0.2, 0.25) is 0 Å². The summed E-state index contributed by atoms with van der Waals surface area (Å²) in [5.74, 6) is 2.44. The van der Waals surface area contributed by atoms with Crippen LogP contribution in [0.3, 0.4) is 0 Å². The van der Waals surface area contributed by atoms with Gasteiger partial charge in [0.1, 0.15) is 0 Å². The second-order valence-electron chi connectivity index (χ2n) is 5.89. The van der Waals surface area contributed by atoms with E-state index in [0.717, 1.165) is 28.0 Å². The Labute approximate surface area is 124 Å². The first-order chi connectivity index (χ1) is 9.66. The van der Waals surface area contributed by atoms with E-state index in [2.05, 4.69) is 33.6 Å². The highest BCUT2D eigenvalue weighted by atomic mass is 32.1. The predicted molar refractivity (Wildman–Crippen MR) is 81.9 cm³/mol. The Bertz CT molecular complexity index is 631. The number of aromatic nitrogens is 4. The average molecular weight is 288 g/mol. The molecule has 20 heavy (non-hydrogen) atoms. The van der Waals surface area contributed by atoms with Gasteiger partial charge in [-0.1, -0.05) is 13.8 Å². The van der Waals surface area contributed by atoms with Gasteiger partial charge >= 0.3 is 0 Å². The summed E-state index contributed by atoms with van der Waals surface area (Å²) in [5, 5.41) is 7.36. The van der Waals surface area contributed by atoms with Gasteiger partial charge in [0.25, 0.3) is 0 Å². The van der Waals surface area contributed by atoms with Gasteiger partial charge in [0.05, 0.1) is 0 Å². The molecule has 1 N–H and O–H groups in total. The molecular formula is C15H20N4S. The SMILES string of the molecule is CC1CCC(n2c(-c3cccnc3)n[nH]c2=S)CC1C. The van der Waals surface area contributed by atoms with E-state index in [1.165, 1.54) is 19.3 Å². The first-order valence-corrected chi connectivity index (χ1v) is 7.65. The summed E-state index contributed by atoms with van der Waals surface area (Å²) in [4.78, 5) is 4.18. The minimum atomic E-state index is 0.447. The summed E-state index contributed by atoms with van der Waals surface area (Å²) in [6.45, 7) is 4.68. The second-order valence-corrected chi connectivity index (χ2v) is 6.27. The standard InChI is InChI=1S/C15H20N4S/c1-10-5-6-13(8-11(10)2)19-14(17-18-15(19)20)12-4-3-7-16-9-12/h3-4,7,9-11,13H,5-6,8H2,1-2H3,(H,18,20). The van der Waals surface area contributed by atoms with Gasteiger partial charge in [0.15, 0.2) is 10.6 Å². The van der Waals surface area contributed by atoms with E-state index in [0.29, 0.717) is 6.04 Å².